The van der Waals surface area contributed by atoms with Crippen molar-refractivity contribution in [2.45, 2.75) is 44.9 Å². The minimum Gasteiger partial charge on any atom is -0.359 e. The molecular weight excluding hydrogens is 230 g/mol. The smallest absolute Gasteiger partial charge is 0.202 e. The Hall–Kier alpha value is -0.350. The van der Waals surface area contributed by atoms with E-state index in [0.29, 0.717) is 5.92 Å². The van der Waals surface area contributed by atoms with Crippen molar-refractivity contribution in [3.8, 4) is 0 Å². The third-order valence-electron chi connectivity index (χ3n) is 2.03. The number of nitrogens with one attached hydrogen (secondary N) is 1. The van der Waals surface area contributed by atoms with Crippen LogP contribution in [-0.4, -0.2) is 21.3 Å². The van der Waals surface area contributed by atoms with Crippen LogP contribution in [0.2, 0.25) is 0 Å². The average molecular weight is 248 g/mol. The Labute approximate surface area is 100 Å². The van der Waals surface area contributed by atoms with E-state index in [9.17, 15) is 0 Å². The summed E-state index contributed by atoms with van der Waals surface area (Å²) in [6.45, 7) is 7.08. The van der Waals surface area contributed by atoms with Gasteiger partial charge in [0.2, 0.25) is 5.13 Å². The minimum absolute atomic E-state index is 0.182. The molecule has 0 saturated carbocycles. The van der Waals surface area contributed by atoms with Gasteiger partial charge in [0.1, 0.15) is 5.82 Å². The second kappa shape index (κ2) is 6.28. The summed E-state index contributed by atoms with van der Waals surface area (Å²) < 4.78 is 4.26. The number of halogens is 1. The summed E-state index contributed by atoms with van der Waals surface area (Å²) in [6, 6.07) is 0. The first-order valence-corrected chi connectivity index (χ1v) is 6.56. The number of nitrogens with zero attached hydrogens (tertiary/aromatic N) is 2. The van der Waals surface area contributed by atoms with Crippen molar-refractivity contribution < 1.29 is 0 Å². The second-order valence-corrected chi connectivity index (χ2v) is 5.25. The molecule has 0 saturated heterocycles. The summed E-state index contributed by atoms with van der Waals surface area (Å²) in [4.78, 5) is 4.38. The molecule has 15 heavy (non-hydrogen) atoms. The Morgan fingerprint density at radius 3 is 2.73 bits per heavy atom. The molecule has 0 spiro atoms. The molecule has 0 aromatic carbocycles. The largest absolute Gasteiger partial charge is 0.359 e. The monoisotopic (exact) mass is 247 g/mol. The van der Waals surface area contributed by atoms with Crippen molar-refractivity contribution in [1.29, 1.82) is 0 Å². The first-order valence-electron chi connectivity index (χ1n) is 5.35. The van der Waals surface area contributed by atoms with Crippen LogP contribution in [0.4, 0.5) is 5.13 Å². The highest BCUT2D eigenvalue weighted by Crippen LogP contribution is 2.17. The first-order chi connectivity index (χ1) is 7.13. The molecule has 0 radical (unpaired) electrons. The van der Waals surface area contributed by atoms with Gasteiger partial charge < -0.3 is 5.32 Å². The predicted molar refractivity (Wildman–Crippen MR) is 67.0 cm³/mol. The molecule has 1 heterocycles. The maximum Gasteiger partial charge on any atom is 0.202 e. The quantitative estimate of drug-likeness (QED) is 0.782. The molecule has 1 aromatic heterocycles. The fourth-order valence-corrected chi connectivity index (χ4v) is 2.16. The number of hydrogen-bond donors (Lipinski definition) is 1. The van der Waals surface area contributed by atoms with Crippen LogP contribution in [-0.2, 0) is 0 Å². The average Bonchev–Trinajstić information content (AvgIpc) is 2.63. The van der Waals surface area contributed by atoms with Crippen LogP contribution in [0.1, 0.15) is 45.4 Å². The van der Waals surface area contributed by atoms with Gasteiger partial charge in [-0.15, -0.1) is 11.6 Å². The zero-order valence-electron chi connectivity index (χ0n) is 9.46. The fraction of sp³-hybridized carbons (Fsp3) is 0.800. The summed E-state index contributed by atoms with van der Waals surface area (Å²) in [5, 5.41) is 4.27. The van der Waals surface area contributed by atoms with Crippen LogP contribution < -0.4 is 5.32 Å². The zero-order valence-corrected chi connectivity index (χ0v) is 11.0. The zero-order chi connectivity index (χ0) is 11.3. The van der Waals surface area contributed by atoms with Crippen molar-refractivity contribution >= 4 is 28.3 Å². The third-order valence-corrected chi connectivity index (χ3v) is 3.09. The molecule has 0 fully saturated rings. The number of rotatable bonds is 6. The lowest BCUT2D eigenvalue weighted by molar-refractivity contribution is 0.750. The molecule has 0 bridgehead atoms. The summed E-state index contributed by atoms with van der Waals surface area (Å²) in [5.74, 6) is 1.29. The highest BCUT2D eigenvalue weighted by atomic mass is 35.5. The molecule has 86 valence electrons. The van der Waals surface area contributed by atoms with Crippen LogP contribution in [0.3, 0.4) is 0 Å². The maximum absolute atomic E-state index is 6.09. The van der Waals surface area contributed by atoms with Crippen molar-refractivity contribution in [1.82, 2.24) is 9.36 Å². The fourth-order valence-electron chi connectivity index (χ4n) is 1.15. The summed E-state index contributed by atoms with van der Waals surface area (Å²) in [7, 11) is 0. The second-order valence-electron chi connectivity index (χ2n) is 3.88. The number of anilines is 1. The number of alkyl halides is 1. The van der Waals surface area contributed by atoms with E-state index in [1.165, 1.54) is 11.5 Å². The van der Waals surface area contributed by atoms with Crippen molar-refractivity contribution in [3.05, 3.63) is 5.82 Å². The summed E-state index contributed by atoms with van der Waals surface area (Å²) in [6.07, 6.45) is 2.15. The van der Waals surface area contributed by atoms with Gasteiger partial charge in [-0.3, -0.25) is 0 Å². The van der Waals surface area contributed by atoms with Crippen molar-refractivity contribution in [2.75, 3.05) is 11.9 Å². The van der Waals surface area contributed by atoms with Crippen LogP contribution in [0, 0.1) is 0 Å². The van der Waals surface area contributed by atoms with Crippen LogP contribution in [0.5, 0.6) is 0 Å². The minimum atomic E-state index is 0.182. The Balaban J connectivity index is 2.37. The first kappa shape index (κ1) is 12.7. The Bertz CT molecular complexity index is 288. The molecule has 5 heteroatoms. The van der Waals surface area contributed by atoms with Crippen molar-refractivity contribution in [3.63, 3.8) is 0 Å². The standard InChI is InChI=1S/C10H18ClN3S/c1-4-5-8(11)6-12-10-13-9(7(2)3)14-15-10/h7-8H,4-6H2,1-3H3,(H,12,13,14). The van der Waals surface area contributed by atoms with E-state index in [2.05, 4.69) is 35.4 Å². The highest BCUT2D eigenvalue weighted by molar-refractivity contribution is 7.09. The Kier molecular flexibility index (Phi) is 5.32. The van der Waals surface area contributed by atoms with Gasteiger partial charge in [-0.05, 0) is 6.42 Å². The molecule has 3 nitrogen and oxygen atoms in total. The molecule has 1 atom stereocenters. The van der Waals surface area contributed by atoms with Gasteiger partial charge in [-0.2, -0.15) is 4.37 Å². The lowest BCUT2D eigenvalue weighted by atomic mass is 10.2. The Morgan fingerprint density at radius 2 is 2.20 bits per heavy atom. The molecule has 0 aliphatic carbocycles. The van der Waals surface area contributed by atoms with Gasteiger partial charge in [-0.25, -0.2) is 4.98 Å². The van der Waals surface area contributed by atoms with E-state index < -0.39 is 0 Å². The van der Waals surface area contributed by atoms with Gasteiger partial charge in [0.05, 0.1) is 5.38 Å². The van der Waals surface area contributed by atoms with E-state index in [-0.39, 0.29) is 5.38 Å². The molecule has 1 unspecified atom stereocenters. The van der Waals surface area contributed by atoms with Crippen LogP contribution >= 0.6 is 23.1 Å². The van der Waals surface area contributed by atoms with Gasteiger partial charge >= 0.3 is 0 Å². The molecule has 1 rings (SSSR count). The SMILES string of the molecule is CCCC(Cl)CNc1nc(C(C)C)ns1. The molecule has 0 aliphatic heterocycles. The van der Waals surface area contributed by atoms with E-state index >= 15 is 0 Å². The van der Waals surface area contributed by atoms with Crippen LogP contribution in [0.25, 0.3) is 0 Å². The topological polar surface area (TPSA) is 37.8 Å². The van der Waals surface area contributed by atoms with Gasteiger partial charge in [0.15, 0.2) is 0 Å². The van der Waals surface area contributed by atoms with E-state index in [4.69, 9.17) is 11.6 Å². The molecule has 1 N–H and O–H groups in total. The van der Waals surface area contributed by atoms with E-state index in [1.54, 1.807) is 0 Å². The van der Waals surface area contributed by atoms with E-state index in [1.807, 2.05) is 0 Å². The number of hydrogen-bond acceptors (Lipinski definition) is 4. The van der Waals surface area contributed by atoms with Gasteiger partial charge in [-0.1, -0.05) is 27.2 Å². The predicted octanol–water partition coefficient (Wildman–Crippen LogP) is 3.48. The summed E-state index contributed by atoms with van der Waals surface area (Å²) in [5.41, 5.74) is 0. The normalized spacial score (nSPS) is 13.1. The van der Waals surface area contributed by atoms with E-state index in [0.717, 1.165) is 30.3 Å². The molecule has 0 amide bonds. The highest BCUT2D eigenvalue weighted by Gasteiger charge is 2.08. The molecule has 0 aliphatic rings. The number of aromatic nitrogens is 2. The lowest BCUT2D eigenvalue weighted by Gasteiger charge is -2.07. The van der Waals surface area contributed by atoms with Gasteiger partial charge in [0.25, 0.3) is 0 Å². The summed E-state index contributed by atoms with van der Waals surface area (Å²) >= 11 is 7.50. The lowest BCUT2D eigenvalue weighted by Crippen LogP contribution is -2.13. The van der Waals surface area contributed by atoms with Gasteiger partial charge in [0, 0.05) is 24.0 Å². The van der Waals surface area contributed by atoms with Crippen LogP contribution in [0.15, 0.2) is 0 Å². The maximum atomic E-state index is 6.09. The van der Waals surface area contributed by atoms with Crippen molar-refractivity contribution in [2.24, 2.45) is 0 Å². The molecule has 1 aromatic rings. The third kappa shape index (κ3) is 4.34. The Morgan fingerprint density at radius 1 is 1.47 bits per heavy atom. The molecular formula is C10H18ClN3S.